The highest BCUT2D eigenvalue weighted by atomic mass is 19.1. The van der Waals surface area contributed by atoms with Crippen LogP contribution < -0.4 is 0 Å². The van der Waals surface area contributed by atoms with Gasteiger partial charge in [-0.15, -0.1) is 0 Å². The molecule has 6 heteroatoms. The van der Waals surface area contributed by atoms with Crippen LogP contribution in [-0.2, 0) is 22.6 Å². The molecule has 0 N–H and O–H groups in total. The molecule has 26 heavy (non-hydrogen) atoms. The minimum Gasteiger partial charge on any atom is -0.461 e. The molecule has 0 radical (unpaired) electrons. The quantitative estimate of drug-likeness (QED) is 0.638. The van der Waals surface area contributed by atoms with Gasteiger partial charge >= 0.3 is 5.97 Å². The number of esters is 1. The highest BCUT2D eigenvalue weighted by Gasteiger charge is 2.09. The number of halogens is 1. The lowest BCUT2D eigenvalue weighted by Crippen LogP contribution is -2.07. The summed E-state index contributed by atoms with van der Waals surface area (Å²) in [5, 5.41) is 13.0. The van der Waals surface area contributed by atoms with Crippen molar-refractivity contribution in [3.8, 4) is 11.8 Å². The Hall–Kier alpha value is -3.46. The van der Waals surface area contributed by atoms with Gasteiger partial charge < -0.3 is 4.74 Å². The van der Waals surface area contributed by atoms with Crippen molar-refractivity contribution in [2.75, 3.05) is 0 Å². The first-order valence-electron chi connectivity index (χ1n) is 8.09. The largest absolute Gasteiger partial charge is 0.461 e. The topological polar surface area (TPSA) is 67.9 Å². The highest BCUT2D eigenvalue weighted by Crippen LogP contribution is 2.13. The van der Waals surface area contributed by atoms with E-state index in [1.165, 1.54) is 12.1 Å². The van der Waals surface area contributed by atoms with Gasteiger partial charge in [0.25, 0.3) is 0 Å². The van der Waals surface area contributed by atoms with E-state index in [0.29, 0.717) is 6.42 Å². The minimum atomic E-state index is -0.555. The van der Waals surface area contributed by atoms with Crippen molar-refractivity contribution in [2.24, 2.45) is 0 Å². The molecule has 1 aromatic heterocycles. The maximum Gasteiger partial charge on any atom is 0.306 e. The van der Waals surface area contributed by atoms with Crippen molar-refractivity contribution in [2.45, 2.75) is 19.4 Å². The van der Waals surface area contributed by atoms with Crippen LogP contribution in [0.5, 0.6) is 0 Å². The lowest BCUT2D eigenvalue weighted by Gasteiger charge is -2.06. The van der Waals surface area contributed by atoms with E-state index in [2.05, 4.69) is 5.10 Å². The normalized spacial score (nSPS) is 10.3. The smallest absolute Gasteiger partial charge is 0.306 e. The van der Waals surface area contributed by atoms with Gasteiger partial charge in [0.2, 0.25) is 0 Å². The second-order valence-corrected chi connectivity index (χ2v) is 5.71. The second kappa shape index (κ2) is 8.08. The number of carbonyl (C=O) groups is 1. The third kappa shape index (κ3) is 4.33. The fourth-order valence-corrected chi connectivity index (χ4v) is 2.42. The van der Waals surface area contributed by atoms with Crippen LogP contribution in [0.25, 0.3) is 5.69 Å². The minimum absolute atomic E-state index is 0.153. The monoisotopic (exact) mass is 349 g/mol. The molecule has 0 aliphatic rings. The summed E-state index contributed by atoms with van der Waals surface area (Å²) in [6.45, 7) is -0.153. The van der Waals surface area contributed by atoms with Crippen molar-refractivity contribution < 1.29 is 13.9 Å². The van der Waals surface area contributed by atoms with E-state index in [1.807, 2.05) is 42.6 Å². The number of nitriles is 1. The van der Waals surface area contributed by atoms with Crippen LogP contribution in [-0.4, -0.2) is 15.7 Å². The molecule has 0 saturated carbocycles. The summed E-state index contributed by atoms with van der Waals surface area (Å²) in [5.74, 6) is -0.970. The van der Waals surface area contributed by atoms with Crippen LogP contribution in [0.2, 0.25) is 0 Å². The average Bonchev–Trinajstić information content (AvgIpc) is 3.15. The summed E-state index contributed by atoms with van der Waals surface area (Å²) in [6.07, 6.45) is 4.24. The maximum absolute atomic E-state index is 13.7. The Kier molecular flexibility index (Phi) is 5.40. The first-order chi connectivity index (χ1) is 12.7. The van der Waals surface area contributed by atoms with Gasteiger partial charge in [-0.25, -0.2) is 9.07 Å². The number of hydrogen-bond donors (Lipinski definition) is 0. The number of hydrogen-bond acceptors (Lipinski definition) is 4. The molecule has 0 aliphatic carbocycles. The van der Waals surface area contributed by atoms with Gasteiger partial charge in [-0.2, -0.15) is 10.4 Å². The Morgan fingerprint density at radius 2 is 2.04 bits per heavy atom. The van der Waals surface area contributed by atoms with Gasteiger partial charge in [0, 0.05) is 18.2 Å². The number of aromatic nitrogens is 2. The Labute approximate surface area is 150 Å². The van der Waals surface area contributed by atoms with Crippen molar-refractivity contribution in [3.05, 3.63) is 83.4 Å². The second-order valence-electron chi connectivity index (χ2n) is 5.71. The van der Waals surface area contributed by atoms with Crippen LogP contribution in [0.15, 0.2) is 60.9 Å². The van der Waals surface area contributed by atoms with E-state index in [9.17, 15) is 9.18 Å². The Balaban J connectivity index is 1.50. The number of ether oxygens (including phenoxy) is 1. The van der Waals surface area contributed by atoms with Crippen LogP contribution in [0.1, 0.15) is 23.1 Å². The Bertz CT molecular complexity index is 945. The average molecular weight is 349 g/mol. The van der Waals surface area contributed by atoms with Gasteiger partial charge in [0.05, 0.1) is 23.5 Å². The number of nitrogens with zero attached hydrogens (tertiary/aromatic N) is 3. The number of aryl methyl sites for hydroxylation is 1. The Morgan fingerprint density at radius 1 is 1.23 bits per heavy atom. The standard InChI is InChI=1S/C20H16FN3O2/c21-19-10-15(11-22)6-8-17(19)14-26-20(25)9-7-16-12-23-24(13-16)18-4-2-1-3-5-18/h1-6,8,10,12-13H,7,9,14H2. The van der Waals surface area contributed by atoms with Gasteiger partial charge in [-0.3, -0.25) is 4.79 Å². The molecule has 0 aliphatic heterocycles. The summed E-state index contributed by atoms with van der Waals surface area (Å²) in [5.41, 5.74) is 2.33. The predicted molar refractivity (Wildman–Crippen MR) is 92.8 cm³/mol. The number of benzene rings is 2. The number of para-hydroxylation sites is 1. The molecule has 1 heterocycles. The van der Waals surface area contributed by atoms with Gasteiger partial charge in [-0.05, 0) is 36.2 Å². The van der Waals surface area contributed by atoms with Crippen molar-refractivity contribution in [1.29, 1.82) is 5.26 Å². The molecule has 3 aromatic rings. The van der Waals surface area contributed by atoms with Crippen molar-refractivity contribution in [3.63, 3.8) is 0 Å². The molecule has 0 unspecified atom stereocenters. The lowest BCUT2D eigenvalue weighted by atomic mass is 10.1. The zero-order valence-corrected chi connectivity index (χ0v) is 13.9. The van der Waals surface area contributed by atoms with E-state index in [4.69, 9.17) is 10.00 Å². The molecule has 0 fully saturated rings. The van der Waals surface area contributed by atoms with Crippen LogP contribution in [0, 0.1) is 17.1 Å². The molecule has 0 spiro atoms. The van der Waals surface area contributed by atoms with E-state index in [0.717, 1.165) is 17.3 Å². The molecule has 5 nitrogen and oxygen atoms in total. The molecule has 130 valence electrons. The zero-order valence-electron chi connectivity index (χ0n) is 13.9. The third-order valence-corrected chi connectivity index (χ3v) is 3.85. The van der Waals surface area contributed by atoms with E-state index in [1.54, 1.807) is 10.9 Å². The Morgan fingerprint density at radius 3 is 2.77 bits per heavy atom. The fourth-order valence-electron chi connectivity index (χ4n) is 2.42. The maximum atomic E-state index is 13.7. The molecule has 3 rings (SSSR count). The van der Waals surface area contributed by atoms with Crippen molar-refractivity contribution in [1.82, 2.24) is 9.78 Å². The van der Waals surface area contributed by atoms with Crippen molar-refractivity contribution >= 4 is 5.97 Å². The summed E-state index contributed by atoms with van der Waals surface area (Å²) in [6, 6.07) is 15.6. The van der Waals surface area contributed by atoms with E-state index in [-0.39, 0.29) is 24.2 Å². The lowest BCUT2D eigenvalue weighted by molar-refractivity contribution is -0.144. The van der Waals surface area contributed by atoms with Crippen LogP contribution >= 0.6 is 0 Å². The molecule has 0 saturated heterocycles. The molecule has 0 atom stereocenters. The molecule has 0 bridgehead atoms. The zero-order chi connectivity index (χ0) is 18.4. The first kappa shape index (κ1) is 17.4. The summed E-state index contributed by atoms with van der Waals surface area (Å²) in [4.78, 5) is 11.9. The molecular weight excluding hydrogens is 333 g/mol. The highest BCUT2D eigenvalue weighted by molar-refractivity contribution is 5.69. The SMILES string of the molecule is N#Cc1ccc(COC(=O)CCc2cnn(-c3ccccc3)c2)c(F)c1. The van der Waals surface area contributed by atoms with Crippen LogP contribution in [0.4, 0.5) is 4.39 Å². The molecular formula is C20H16FN3O2. The number of carbonyl (C=O) groups excluding carboxylic acids is 1. The van der Waals surface area contributed by atoms with E-state index < -0.39 is 11.8 Å². The van der Waals surface area contributed by atoms with E-state index >= 15 is 0 Å². The fraction of sp³-hybridized carbons (Fsp3) is 0.150. The van der Waals surface area contributed by atoms with Gasteiger partial charge in [-0.1, -0.05) is 24.3 Å². The molecule has 0 amide bonds. The van der Waals surface area contributed by atoms with Gasteiger partial charge in [0.15, 0.2) is 0 Å². The molecule has 2 aromatic carbocycles. The van der Waals surface area contributed by atoms with Crippen LogP contribution in [0.3, 0.4) is 0 Å². The number of rotatable bonds is 6. The predicted octanol–water partition coefficient (Wildman–Crippen LogP) is 3.56. The first-order valence-corrected chi connectivity index (χ1v) is 8.09. The summed E-state index contributed by atoms with van der Waals surface area (Å²) < 4.78 is 20.6. The van der Waals surface area contributed by atoms with Gasteiger partial charge in [0.1, 0.15) is 12.4 Å². The summed E-state index contributed by atoms with van der Waals surface area (Å²) in [7, 11) is 0. The summed E-state index contributed by atoms with van der Waals surface area (Å²) >= 11 is 0. The third-order valence-electron chi connectivity index (χ3n) is 3.85.